The summed E-state index contributed by atoms with van der Waals surface area (Å²) in [7, 11) is 1.83. The lowest BCUT2D eigenvalue weighted by molar-refractivity contribution is -0.0973. The zero-order chi connectivity index (χ0) is 13.0. The topological polar surface area (TPSA) is 33.3 Å². The molecule has 1 saturated heterocycles. The average Bonchev–Trinajstić information content (AvgIpc) is 2.38. The van der Waals surface area contributed by atoms with Crippen molar-refractivity contribution in [2.75, 3.05) is 26.7 Å². The Labute approximate surface area is 112 Å². The quantitative estimate of drug-likeness (QED) is 0.713. The third-order valence-corrected chi connectivity index (χ3v) is 5.04. The van der Waals surface area contributed by atoms with Crippen LogP contribution in [-0.2, 0) is 4.74 Å². The van der Waals surface area contributed by atoms with Gasteiger partial charge in [-0.1, -0.05) is 13.8 Å². The highest BCUT2D eigenvalue weighted by atomic mass is 16.5. The monoisotopic (exact) mass is 254 g/mol. The summed E-state index contributed by atoms with van der Waals surface area (Å²) in [5.41, 5.74) is 0.307. The van der Waals surface area contributed by atoms with Crippen molar-refractivity contribution in [3.63, 3.8) is 0 Å². The molecular weight excluding hydrogens is 224 g/mol. The fourth-order valence-corrected chi connectivity index (χ4v) is 3.47. The van der Waals surface area contributed by atoms with E-state index >= 15 is 0 Å². The van der Waals surface area contributed by atoms with Crippen LogP contribution in [0.1, 0.15) is 46.0 Å². The molecule has 1 aliphatic carbocycles. The first-order valence-electron chi connectivity index (χ1n) is 7.61. The molecule has 0 spiro atoms. The van der Waals surface area contributed by atoms with Crippen molar-refractivity contribution >= 4 is 0 Å². The maximum atomic E-state index is 5.48. The fourth-order valence-electron chi connectivity index (χ4n) is 3.47. The predicted molar refractivity (Wildman–Crippen MR) is 75.8 cm³/mol. The van der Waals surface area contributed by atoms with Crippen molar-refractivity contribution < 1.29 is 4.74 Å². The summed E-state index contributed by atoms with van der Waals surface area (Å²) < 4.78 is 5.48. The van der Waals surface area contributed by atoms with Gasteiger partial charge in [-0.05, 0) is 57.7 Å². The minimum absolute atomic E-state index is 0.307. The van der Waals surface area contributed by atoms with E-state index in [4.69, 9.17) is 4.74 Å². The van der Waals surface area contributed by atoms with Crippen LogP contribution in [-0.4, -0.2) is 38.9 Å². The molecule has 2 N–H and O–H groups in total. The van der Waals surface area contributed by atoms with Gasteiger partial charge in [-0.25, -0.2) is 0 Å². The summed E-state index contributed by atoms with van der Waals surface area (Å²) in [6, 6.07) is 0.645. The molecule has 2 fully saturated rings. The number of rotatable bonds is 6. The number of ether oxygens (including phenoxy) is 1. The van der Waals surface area contributed by atoms with Crippen LogP contribution in [0.25, 0.3) is 0 Å². The Hall–Kier alpha value is -0.120. The SMILES string of the molecule is COC1CC(NCCCC2CCCNC2)C1(C)C. The van der Waals surface area contributed by atoms with Crippen LogP contribution >= 0.6 is 0 Å². The summed E-state index contributed by atoms with van der Waals surface area (Å²) in [6.45, 7) is 8.26. The third kappa shape index (κ3) is 3.25. The molecule has 0 amide bonds. The van der Waals surface area contributed by atoms with E-state index in [1.807, 2.05) is 7.11 Å². The Morgan fingerprint density at radius 1 is 1.39 bits per heavy atom. The van der Waals surface area contributed by atoms with E-state index in [-0.39, 0.29) is 0 Å². The van der Waals surface area contributed by atoms with Crippen molar-refractivity contribution in [1.29, 1.82) is 0 Å². The van der Waals surface area contributed by atoms with E-state index in [2.05, 4.69) is 24.5 Å². The maximum absolute atomic E-state index is 5.48. The van der Waals surface area contributed by atoms with Crippen LogP contribution in [0.4, 0.5) is 0 Å². The first-order valence-corrected chi connectivity index (χ1v) is 7.61. The smallest absolute Gasteiger partial charge is 0.0652 e. The summed E-state index contributed by atoms with van der Waals surface area (Å²) in [6.07, 6.45) is 7.10. The number of hydrogen-bond donors (Lipinski definition) is 2. The van der Waals surface area contributed by atoms with Gasteiger partial charge in [-0.3, -0.25) is 0 Å². The van der Waals surface area contributed by atoms with Gasteiger partial charge in [0.2, 0.25) is 0 Å². The van der Waals surface area contributed by atoms with Crippen LogP contribution in [0.3, 0.4) is 0 Å². The standard InChI is InChI=1S/C15H30N2O/c1-15(2)13(10-14(15)18-3)17-9-5-7-12-6-4-8-16-11-12/h12-14,16-17H,4-11H2,1-3H3. The van der Waals surface area contributed by atoms with Crippen molar-refractivity contribution in [2.24, 2.45) is 11.3 Å². The molecule has 3 atom stereocenters. The molecule has 3 unspecified atom stereocenters. The Morgan fingerprint density at radius 3 is 2.83 bits per heavy atom. The van der Waals surface area contributed by atoms with Crippen molar-refractivity contribution in [3.05, 3.63) is 0 Å². The lowest BCUT2D eigenvalue weighted by Gasteiger charge is -2.51. The lowest BCUT2D eigenvalue weighted by Crippen LogP contribution is -2.60. The number of piperidine rings is 1. The molecule has 106 valence electrons. The zero-order valence-electron chi connectivity index (χ0n) is 12.3. The molecule has 1 heterocycles. The molecule has 18 heavy (non-hydrogen) atoms. The molecule has 1 aliphatic heterocycles. The number of nitrogens with one attached hydrogen (secondary N) is 2. The van der Waals surface area contributed by atoms with Crippen LogP contribution in [0, 0.1) is 11.3 Å². The normalized spacial score (nSPS) is 35.2. The highest BCUT2D eigenvalue weighted by molar-refractivity contribution is 5.02. The fraction of sp³-hybridized carbons (Fsp3) is 1.00. The summed E-state index contributed by atoms with van der Waals surface area (Å²) in [5, 5.41) is 7.21. The minimum Gasteiger partial charge on any atom is -0.381 e. The van der Waals surface area contributed by atoms with Gasteiger partial charge in [-0.2, -0.15) is 0 Å². The predicted octanol–water partition coefficient (Wildman–Crippen LogP) is 2.17. The molecule has 0 bridgehead atoms. The van der Waals surface area contributed by atoms with Gasteiger partial charge in [0, 0.05) is 18.6 Å². The van der Waals surface area contributed by atoms with E-state index < -0.39 is 0 Å². The Kier molecular flexibility index (Phi) is 5.05. The molecule has 2 aliphatic rings. The third-order valence-electron chi connectivity index (χ3n) is 5.04. The largest absolute Gasteiger partial charge is 0.381 e. The molecule has 3 nitrogen and oxygen atoms in total. The van der Waals surface area contributed by atoms with Gasteiger partial charge in [-0.15, -0.1) is 0 Å². The zero-order valence-corrected chi connectivity index (χ0v) is 12.3. The molecule has 0 radical (unpaired) electrons. The van der Waals surface area contributed by atoms with Crippen molar-refractivity contribution in [1.82, 2.24) is 10.6 Å². The Morgan fingerprint density at radius 2 is 2.22 bits per heavy atom. The number of methoxy groups -OCH3 is 1. The molecular formula is C15H30N2O. The van der Waals surface area contributed by atoms with Gasteiger partial charge in [0.05, 0.1) is 6.10 Å². The van der Waals surface area contributed by atoms with Crippen LogP contribution < -0.4 is 10.6 Å². The lowest BCUT2D eigenvalue weighted by atomic mass is 9.64. The second-order valence-corrected chi connectivity index (χ2v) is 6.64. The summed E-state index contributed by atoms with van der Waals surface area (Å²) in [4.78, 5) is 0. The van der Waals surface area contributed by atoms with Crippen LogP contribution in [0.15, 0.2) is 0 Å². The van der Waals surface area contributed by atoms with E-state index in [0.29, 0.717) is 17.6 Å². The van der Waals surface area contributed by atoms with Gasteiger partial charge >= 0.3 is 0 Å². The minimum atomic E-state index is 0.307. The van der Waals surface area contributed by atoms with Crippen molar-refractivity contribution in [3.8, 4) is 0 Å². The second kappa shape index (κ2) is 6.36. The molecule has 1 saturated carbocycles. The van der Waals surface area contributed by atoms with E-state index in [1.54, 1.807) is 0 Å². The van der Waals surface area contributed by atoms with Crippen LogP contribution in [0.5, 0.6) is 0 Å². The molecule has 0 aromatic heterocycles. The molecule has 0 aromatic rings. The maximum Gasteiger partial charge on any atom is 0.0652 e. The van der Waals surface area contributed by atoms with Crippen molar-refractivity contribution in [2.45, 2.75) is 58.1 Å². The Bertz CT molecular complexity index is 249. The van der Waals surface area contributed by atoms with Gasteiger partial charge < -0.3 is 15.4 Å². The van der Waals surface area contributed by atoms with E-state index in [1.165, 1.54) is 51.7 Å². The molecule has 0 aromatic carbocycles. The van der Waals surface area contributed by atoms with Gasteiger partial charge in [0.25, 0.3) is 0 Å². The van der Waals surface area contributed by atoms with Gasteiger partial charge in [0.15, 0.2) is 0 Å². The number of hydrogen-bond acceptors (Lipinski definition) is 3. The first kappa shape index (κ1) is 14.3. The van der Waals surface area contributed by atoms with Gasteiger partial charge in [0.1, 0.15) is 0 Å². The summed E-state index contributed by atoms with van der Waals surface area (Å²) >= 11 is 0. The first-order chi connectivity index (χ1) is 8.64. The highest BCUT2D eigenvalue weighted by Gasteiger charge is 2.47. The average molecular weight is 254 g/mol. The molecule has 3 heteroatoms. The molecule has 2 rings (SSSR count). The Balaban J connectivity index is 1.56. The van der Waals surface area contributed by atoms with Crippen LogP contribution in [0.2, 0.25) is 0 Å². The second-order valence-electron chi connectivity index (χ2n) is 6.64. The highest BCUT2D eigenvalue weighted by Crippen LogP contribution is 2.42. The summed E-state index contributed by atoms with van der Waals surface area (Å²) in [5.74, 6) is 0.918. The van der Waals surface area contributed by atoms with E-state index in [0.717, 1.165) is 5.92 Å². The van der Waals surface area contributed by atoms with E-state index in [9.17, 15) is 0 Å².